The van der Waals surface area contributed by atoms with Crippen LogP contribution in [-0.4, -0.2) is 155 Å². The largest absolute Gasteiger partial charge is 0.508 e. The van der Waals surface area contributed by atoms with E-state index in [-0.39, 0.29) is 164 Å². The van der Waals surface area contributed by atoms with Crippen LogP contribution in [0.1, 0.15) is 284 Å². The molecule has 12 fully saturated rings. The highest BCUT2D eigenvalue weighted by Crippen LogP contribution is 2.74. The first-order valence-electron chi connectivity index (χ1n) is 45.1. The van der Waals surface area contributed by atoms with Crippen LogP contribution in [0.2, 0.25) is 0 Å². The highest BCUT2D eigenvalue weighted by Gasteiger charge is 2.72. The number of aliphatic hydroxyl groups is 3. The summed E-state index contributed by atoms with van der Waals surface area (Å²) in [4.78, 5) is 112. The highest BCUT2D eigenvalue weighted by atomic mass is 35.7. The fourth-order valence-corrected chi connectivity index (χ4v) is 29.0. The predicted molar refractivity (Wildman–Crippen MR) is 446 cm³/mol. The third-order valence-electron chi connectivity index (χ3n) is 34.8. The van der Waals surface area contributed by atoms with Gasteiger partial charge in [-0.15, -0.1) is 0 Å². The zero-order valence-corrected chi connectivity index (χ0v) is 76.9. The third-order valence-corrected chi connectivity index (χ3v) is 34.9. The molecule has 117 heavy (non-hydrogen) atoms. The standard InChI is InChI=1S/C31H50O6.C30H48O7.C27H44O5.C3H5ClO2.CH3ClO2S/c1-8-21-24-17-20(37-29(34)36-9-2)14-15-30(24,5)25-16-19(4)31(6)22(18(3)10-13-26(32)35-7)11-12-23(31)27(25)28(21)33;1-7-19-22-15-18(37-28(34)36-8-2)13-14-29(22,4)23-16-24(31)30(5)20(17(3)9-12-25(32)35-6)10-11-21(30)26(23)27(19)33;1-6-17-20-13-16(28)11-12-26(20,3)21-14-22(29)27(4)18(15(2)7-10-23(30)32-5)8-9-19(27)24(21)25(17)31;1-2-6-3(4)5;1-5(2,3)4/h18-25,27H,8-17H2,1-7H3;17-24,26,31H,7-16H2,1-6H3;15-22,24,28-29H,6-14H2,1-5H3;2H2,1H3;1H3/t18-,19+,20-,21-,22-,23?,24+,25?,27?,30+,31-;17-,18-,19-,20-,21?,22+,23?,24+,26?,29+,30-;15-,16-,17-,18-,19?,20+,21?,22+,24?,26+,27-;;/m111../s1. The van der Waals surface area contributed by atoms with E-state index in [9.17, 15) is 66.9 Å². The van der Waals surface area contributed by atoms with E-state index in [1.165, 1.54) is 21.3 Å². The third kappa shape index (κ3) is 20.1. The van der Waals surface area contributed by atoms with Crippen LogP contribution in [-0.2, 0) is 75.7 Å². The molecule has 22 nitrogen and oxygen atoms in total. The molecule has 0 aromatic carbocycles. The van der Waals surface area contributed by atoms with Gasteiger partial charge in [0.05, 0.1) is 65.7 Å². The summed E-state index contributed by atoms with van der Waals surface area (Å²) in [5, 5.41) is 33.8. The van der Waals surface area contributed by atoms with E-state index in [1.54, 1.807) is 20.8 Å². The van der Waals surface area contributed by atoms with Gasteiger partial charge < -0.3 is 53.2 Å². The molecule has 12 aliphatic carbocycles. The lowest BCUT2D eigenvalue weighted by Crippen LogP contribution is -2.64. The molecular weight excluding hydrogens is 1560 g/mol. The molecule has 0 aliphatic heterocycles. The van der Waals surface area contributed by atoms with E-state index in [1.807, 2.05) is 0 Å². The number of esters is 3. The fraction of sp³-hybridized carbons (Fsp3) is 0.902. The summed E-state index contributed by atoms with van der Waals surface area (Å²) in [6.07, 6.45) is 20.4. The van der Waals surface area contributed by atoms with Crippen molar-refractivity contribution < 1.29 is 105 Å². The van der Waals surface area contributed by atoms with Gasteiger partial charge in [0.15, 0.2) is 0 Å². The topological polar surface area (TPSA) is 322 Å². The second-order valence-corrected chi connectivity index (χ2v) is 42.9. The first kappa shape index (κ1) is 98.3. The van der Waals surface area contributed by atoms with Crippen molar-refractivity contribution in [3.63, 3.8) is 0 Å². The summed E-state index contributed by atoms with van der Waals surface area (Å²) in [7, 11) is 5.63. The summed E-state index contributed by atoms with van der Waals surface area (Å²) in [6, 6.07) is 0. The number of hydrogen-bond donors (Lipinski definition) is 3. The molecule has 0 amide bonds. The maximum absolute atomic E-state index is 14.3. The first-order chi connectivity index (χ1) is 54.9. The van der Waals surface area contributed by atoms with Gasteiger partial charge in [-0.1, -0.05) is 90.0 Å². The molecule has 0 heterocycles. The molecule has 12 rings (SSSR count). The number of halogens is 2. The van der Waals surface area contributed by atoms with Crippen molar-refractivity contribution in [2.24, 2.45) is 163 Å². The van der Waals surface area contributed by atoms with Gasteiger partial charge in [-0.05, 0) is 291 Å². The van der Waals surface area contributed by atoms with Gasteiger partial charge in [0.1, 0.15) is 29.6 Å². The molecular formula is C92H150Cl2O22S. The number of aliphatic hydroxyl groups excluding tert-OH is 3. The monoisotopic (exact) mass is 1710 g/mol. The van der Waals surface area contributed by atoms with Gasteiger partial charge >= 0.3 is 35.6 Å². The van der Waals surface area contributed by atoms with E-state index < -0.39 is 39.0 Å². The normalized spacial score (nSPS) is 41.9. The number of hydrogen-bond acceptors (Lipinski definition) is 22. The van der Waals surface area contributed by atoms with Gasteiger partial charge in [0, 0.05) is 87.9 Å². The van der Waals surface area contributed by atoms with Crippen molar-refractivity contribution in [1.29, 1.82) is 0 Å². The van der Waals surface area contributed by atoms with Crippen molar-refractivity contribution >= 4 is 84.3 Å². The second kappa shape index (κ2) is 40.7. The van der Waals surface area contributed by atoms with Gasteiger partial charge in [-0.2, -0.15) is 0 Å². The van der Waals surface area contributed by atoms with E-state index in [2.05, 4.69) is 105 Å². The van der Waals surface area contributed by atoms with Gasteiger partial charge in [-0.3, -0.25) is 28.8 Å². The quantitative estimate of drug-likeness (QED) is 0.0579. The molecule has 33 atom stereocenters. The smallest absolute Gasteiger partial charge is 0.469 e. The van der Waals surface area contributed by atoms with Gasteiger partial charge in [0.2, 0.25) is 9.05 Å². The van der Waals surface area contributed by atoms with E-state index in [0.717, 1.165) is 141 Å². The molecule has 0 bridgehead atoms. The molecule has 0 aromatic rings. The lowest BCUT2D eigenvalue weighted by molar-refractivity contribution is -0.193. The second-order valence-electron chi connectivity index (χ2n) is 39.5. The average molecular weight is 1710 g/mol. The number of carbonyl (C=O) groups excluding carboxylic acids is 9. The number of fused-ring (bicyclic) bond motifs is 15. The minimum Gasteiger partial charge on any atom is -0.469 e. The zero-order chi connectivity index (χ0) is 87.2. The molecule has 0 saturated heterocycles. The Hall–Kier alpha value is -4.16. The first-order valence-corrected chi connectivity index (χ1v) is 48.2. The number of carbonyl (C=O) groups is 9. The van der Waals surface area contributed by atoms with Crippen molar-refractivity contribution in [1.82, 2.24) is 0 Å². The van der Waals surface area contributed by atoms with Crippen LogP contribution in [0.25, 0.3) is 0 Å². The Labute approximate surface area is 709 Å². The number of ether oxygens (including phenoxy) is 8. The van der Waals surface area contributed by atoms with E-state index in [4.69, 9.17) is 44.8 Å². The molecule has 670 valence electrons. The number of rotatable bonds is 20. The fourth-order valence-electron chi connectivity index (χ4n) is 28.9. The van der Waals surface area contributed by atoms with Crippen LogP contribution in [0, 0.1) is 163 Å². The van der Waals surface area contributed by atoms with E-state index >= 15 is 0 Å². The molecule has 9 unspecified atom stereocenters. The number of ketones is 3. The van der Waals surface area contributed by atoms with Crippen LogP contribution in [0.15, 0.2) is 0 Å². The molecule has 3 N–H and O–H groups in total. The minimum atomic E-state index is -3.19. The highest BCUT2D eigenvalue weighted by molar-refractivity contribution is 8.13. The zero-order valence-electron chi connectivity index (χ0n) is 74.6. The Bertz CT molecular complexity index is 3390. The molecule has 0 aromatic heterocycles. The summed E-state index contributed by atoms with van der Waals surface area (Å²) in [5.74, 6) is 5.83. The van der Waals surface area contributed by atoms with Crippen molar-refractivity contribution in [3.05, 3.63) is 0 Å². The van der Waals surface area contributed by atoms with Crippen molar-refractivity contribution in [3.8, 4) is 0 Å². The SMILES string of the molecule is CCOC(=O)Cl.CCOC(=O)O[C@@H]1CC[C@]2(C)C3C[C@H](C)[C@@]4(C)C(CC[C@@H]4[C@H](C)CCC(=O)OC)C3C(=O)[C@H](CC)[C@@H]2C1.CCOC(=O)O[C@@H]1CC[C@]2(C)C3C[C@H](O)[C@@]4(C)C(CC[C@@H]4[C@H](C)CCC(=O)OC)C3C(=O)[C@H](CC)[C@@H]2C1.CC[C@H]1C(=O)C2C3CC[C@H]([C@H](C)CCC(=O)OC)[C@@]3(C)[C@@H](O)CC2[C@@]2(C)CC[C@@H](O)C[C@@H]12.CS(=O)(=O)Cl. The van der Waals surface area contributed by atoms with Gasteiger partial charge in [-0.25, -0.2) is 22.8 Å². The number of methoxy groups -OCH3 is 3. The maximum Gasteiger partial charge on any atom is 0.508 e. The summed E-state index contributed by atoms with van der Waals surface area (Å²) >= 11 is 4.72. The Morgan fingerprint density at radius 1 is 0.436 bits per heavy atom. The van der Waals surface area contributed by atoms with Crippen molar-refractivity contribution in [2.45, 2.75) is 315 Å². The number of Topliss-reactive ketones (excluding diaryl/α,β-unsaturated/α-hetero) is 3. The van der Waals surface area contributed by atoms with Crippen LogP contribution >= 0.6 is 22.3 Å². The summed E-state index contributed by atoms with van der Waals surface area (Å²) in [6.45, 7) is 35.8. The lowest BCUT2D eigenvalue weighted by Gasteiger charge is -2.64. The predicted octanol–water partition coefficient (Wildman–Crippen LogP) is 18.3. The molecule has 12 saturated carbocycles. The van der Waals surface area contributed by atoms with Crippen LogP contribution in [0.5, 0.6) is 0 Å². The molecule has 0 spiro atoms. The van der Waals surface area contributed by atoms with Crippen LogP contribution in [0.3, 0.4) is 0 Å². The van der Waals surface area contributed by atoms with Crippen molar-refractivity contribution in [2.75, 3.05) is 47.4 Å². The van der Waals surface area contributed by atoms with Crippen LogP contribution < -0.4 is 0 Å². The summed E-state index contributed by atoms with van der Waals surface area (Å²) in [5.41, 5.74) is -1.16. The van der Waals surface area contributed by atoms with Crippen LogP contribution in [0.4, 0.5) is 14.4 Å². The Balaban J connectivity index is 0.000000206. The summed E-state index contributed by atoms with van der Waals surface area (Å²) < 4.78 is 59.0. The average Bonchev–Trinajstić information content (AvgIpc) is 1.67. The maximum atomic E-state index is 14.3. The lowest BCUT2D eigenvalue weighted by atomic mass is 9.40. The molecule has 0 radical (unpaired) electrons. The molecule has 12 aliphatic rings. The van der Waals surface area contributed by atoms with E-state index in [0.29, 0.717) is 111 Å². The Kier molecular flexibility index (Phi) is 34.1. The Morgan fingerprint density at radius 2 is 0.735 bits per heavy atom. The molecule has 25 heteroatoms. The van der Waals surface area contributed by atoms with Gasteiger partial charge in [0.25, 0.3) is 0 Å². The minimum absolute atomic E-state index is 0.0232. The Morgan fingerprint density at radius 3 is 1.03 bits per heavy atom.